The van der Waals surface area contributed by atoms with Gasteiger partial charge in [0.1, 0.15) is 89.5 Å². The number of nitrogens with one attached hydrogen (secondary N) is 7. The number of hydrogen-bond acceptors (Lipinski definition) is 25. The Morgan fingerprint density at radius 3 is 1.90 bits per heavy atom. The normalized spacial score (nSPS) is 29.6. The molecule has 2 fully saturated rings. The molecule has 101 heavy (non-hydrogen) atoms. The molecule has 2 saturated heterocycles. The molecular weight excluding hydrogens is 1380 g/mol. The van der Waals surface area contributed by atoms with Crippen LogP contribution in [0.4, 0.5) is 0 Å². The summed E-state index contributed by atoms with van der Waals surface area (Å²) in [5, 5.41) is 141. The third-order valence-electron chi connectivity index (χ3n) is 17.8. The molecule has 20 N–H and O–H groups in total. The highest BCUT2D eigenvalue weighted by atomic mass is 35.5. The zero-order chi connectivity index (χ0) is 73.5. The summed E-state index contributed by atoms with van der Waals surface area (Å²) in [6.45, 7) is 5.63. The van der Waals surface area contributed by atoms with E-state index in [-0.39, 0.29) is 41.2 Å². The number of nitrogens with two attached hydrogens (primary N) is 1. The predicted octanol–water partition coefficient (Wildman–Crippen LogP) is 0.706. The second-order valence-corrected chi connectivity index (χ2v) is 26.5. The average Bonchev–Trinajstić information content (AvgIpc) is 0.953. The van der Waals surface area contributed by atoms with E-state index >= 15 is 9.59 Å². The first kappa shape index (κ1) is 74.5. The Morgan fingerprint density at radius 2 is 1.32 bits per heavy atom. The summed E-state index contributed by atoms with van der Waals surface area (Å²) in [5.41, 5.74) is 2.21. The first-order valence-corrected chi connectivity index (χ1v) is 32.3. The van der Waals surface area contributed by atoms with Crippen LogP contribution in [-0.4, -0.2) is 196 Å². The van der Waals surface area contributed by atoms with Gasteiger partial charge >= 0.3 is 11.9 Å². The number of carboxylic acids is 2. The average molecular weight is 1450 g/mol. The molecule has 6 amide bonds. The van der Waals surface area contributed by atoms with Crippen molar-refractivity contribution in [2.24, 2.45) is 11.7 Å². The van der Waals surface area contributed by atoms with Crippen molar-refractivity contribution in [2.45, 2.75) is 156 Å². The highest BCUT2D eigenvalue weighted by molar-refractivity contribution is 6.32. The predicted molar refractivity (Wildman–Crippen MR) is 348 cm³/mol. The molecule has 0 spiro atoms. The van der Waals surface area contributed by atoms with E-state index in [1.54, 1.807) is 0 Å². The molecule has 7 aliphatic rings. The Morgan fingerprint density at radius 1 is 0.703 bits per heavy atom. The fourth-order valence-electron chi connectivity index (χ4n) is 12.4. The second-order valence-electron chi connectivity index (χ2n) is 25.6. The number of amides is 6. The van der Waals surface area contributed by atoms with Crippen molar-refractivity contribution in [1.29, 1.82) is 0 Å². The lowest BCUT2D eigenvalue weighted by atomic mass is 9.86. The van der Waals surface area contributed by atoms with Gasteiger partial charge in [0, 0.05) is 34.7 Å². The largest absolute Gasteiger partial charge is 0.508 e. The van der Waals surface area contributed by atoms with Gasteiger partial charge in [-0.25, -0.2) is 9.59 Å². The zero-order valence-corrected chi connectivity index (χ0v) is 55.7. The van der Waals surface area contributed by atoms with E-state index in [9.17, 15) is 84.9 Å². The van der Waals surface area contributed by atoms with Crippen molar-refractivity contribution in [1.82, 2.24) is 37.2 Å². The van der Waals surface area contributed by atoms with Gasteiger partial charge in [0.2, 0.25) is 47.5 Å². The molecule has 0 aliphatic carbocycles. The van der Waals surface area contributed by atoms with Crippen molar-refractivity contribution in [3.05, 3.63) is 117 Å². The maximum absolute atomic E-state index is 15.9. The van der Waals surface area contributed by atoms with E-state index in [4.69, 9.17) is 57.4 Å². The molecule has 5 aromatic carbocycles. The molecule has 11 bridgehead atoms. The summed E-state index contributed by atoms with van der Waals surface area (Å²) >= 11 is 14.1. The number of phenols is 3. The van der Waals surface area contributed by atoms with E-state index in [1.165, 1.54) is 27.0 Å². The molecule has 12 rings (SSSR count). The Hall–Kier alpha value is -9.20. The number of halogens is 2. The number of aromatic hydroxyl groups is 3. The number of carbonyl (C=O) groups is 8. The minimum Gasteiger partial charge on any atom is -0.508 e. The highest BCUT2D eigenvalue weighted by Crippen LogP contribution is 2.50. The SMILES string of the molecule is CN[C@H](CC(C)C)C(=O)NC1C(=O)N[C@H](C(=O)O)CC(=O)N[C@H]2C(=O)N[C@H]3C(=O)N[C@H](C(=O)N[C@@H](C(=O)O)c4cc(O)cc(O)c4-c4cc3ccc4O)[C@H](O)c3ccc(c(Cl)c3)Oc3cc2cc(c3O[C@@H]2O[C@H](CO)C(O)[C@H](O)[C@H]2O[C@H]2C[C@](C)(N)[C@H](O)[C@H](C)O2)Oc2ccc(cc2Cl)[C@H]1O. The number of aliphatic hydroxyl groups excluding tert-OH is 6. The molecule has 0 saturated carbocycles. The number of aliphatic carboxylic acids is 2. The summed E-state index contributed by atoms with van der Waals surface area (Å²) in [6, 6.07) is -0.942. The minimum absolute atomic E-state index is 0.0991. The Kier molecular flexibility index (Phi) is 22.2. The van der Waals surface area contributed by atoms with Crippen LogP contribution in [0.15, 0.2) is 78.9 Å². The molecule has 0 radical (unpaired) electrons. The third kappa shape index (κ3) is 15.8. The Bertz CT molecular complexity index is 4070. The highest BCUT2D eigenvalue weighted by Gasteiger charge is 2.51. The Labute approximate surface area is 583 Å². The van der Waals surface area contributed by atoms with Crippen LogP contribution in [0.2, 0.25) is 10.0 Å². The fourth-order valence-corrected chi connectivity index (χ4v) is 12.9. The number of phenolic OH excluding ortho intramolecular Hbond substituents is 3. The maximum Gasteiger partial charge on any atom is 0.330 e. The van der Waals surface area contributed by atoms with E-state index in [0.717, 1.165) is 72.8 Å². The van der Waals surface area contributed by atoms with Crippen LogP contribution in [0.3, 0.4) is 0 Å². The number of carbonyl (C=O) groups excluding carboxylic acids is 6. The van der Waals surface area contributed by atoms with Gasteiger partial charge in [0.15, 0.2) is 29.9 Å². The number of fused-ring (bicyclic) bond motifs is 16. The fraction of sp³-hybridized carbons (Fsp3) is 0.424. The summed E-state index contributed by atoms with van der Waals surface area (Å²) in [6.07, 6.45) is -18.8. The monoisotopic (exact) mass is 1450 g/mol. The number of rotatable bonds is 12. The second kappa shape index (κ2) is 30.2. The van der Waals surface area contributed by atoms with Crippen LogP contribution < -0.4 is 57.2 Å². The third-order valence-corrected chi connectivity index (χ3v) is 18.3. The van der Waals surface area contributed by atoms with Gasteiger partial charge in [0.05, 0.1) is 41.3 Å². The maximum atomic E-state index is 15.9. The molecule has 33 nitrogen and oxygen atoms in total. The molecule has 7 heterocycles. The van der Waals surface area contributed by atoms with Crippen molar-refractivity contribution in [2.75, 3.05) is 13.7 Å². The zero-order valence-electron chi connectivity index (χ0n) is 54.2. The van der Waals surface area contributed by atoms with Crippen LogP contribution in [0.1, 0.15) is 105 Å². The van der Waals surface area contributed by atoms with Crippen molar-refractivity contribution >= 4 is 70.6 Å². The first-order valence-electron chi connectivity index (χ1n) is 31.6. The lowest BCUT2D eigenvalue weighted by Gasteiger charge is -2.47. The molecular formula is C66H74Cl2N8O25. The van der Waals surface area contributed by atoms with Crippen LogP contribution >= 0.6 is 23.2 Å². The molecule has 542 valence electrons. The van der Waals surface area contributed by atoms with E-state index in [2.05, 4.69) is 37.2 Å². The van der Waals surface area contributed by atoms with Gasteiger partial charge in [-0.3, -0.25) is 28.8 Å². The van der Waals surface area contributed by atoms with Crippen LogP contribution in [0, 0.1) is 5.92 Å². The number of likely N-dealkylation sites (N-methyl/N-ethyl adjacent to an activating group) is 1. The van der Waals surface area contributed by atoms with Gasteiger partial charge in [-0.1, -0.05) is 55.2 Å². The van der Waals surface area contributed by atoms with Gasteiger partial charge in [-0.05, 0) is 110 Å². The lowest BCUT2D eigenvalue weighted by molar-refractivity contribution is -0.333. The summed E-state index contributed by atoms with van der Waals surface area (Å²) < 4.78 is 38.2. The summed E-state index contributed by atoms with van der Waals surface area (Å²) in [5.74, 6) is -16.7. The molecule has 2 unspecified atom stereocenters. The number of aliphatic hydroxyl groups is 6. The summed E-state index contributed by atoms with van der Waals surface area (Å²) in [7, 11) is 1.46. The number of carboxylic acid groups (broad SMARTS) is 2. The minimum atomic E-state index is -2.32. The number of hydrogen-bond donors (Lipinski definition) is 19. The number of benzene rings is 5. The van der Waals surface area contributed by atoms with E-state index in [1.807, 2.05) is 13.8 Å². The Balaban J connectivity index is 1.23. The number of ether oxygens (including phenoxy) is 6. The topological polar surface area (TPSA) is 525 Å². The van der Waals surface area contributed by atoms with Gasteiger partial charge < -0.3 is 128 Å². The molecule has 18 atom stereocenters. The van der Waals surface area contributed by atoms with Crippen molar-refractivity contribution in [3.8, 4) is 57.1 Å². The molecule has 0 aromatic heterocycles. The van der Waals surface area contributed by atoms with Gasteiger partial charge in [-0.2, -0.15) is 0 Å². The van der Waals surface area contributed by atoms with E-state index < -0.39 is 242 Å². The van der Waals surface area contributed by atoms with E-state index in [0.29, 0.717) is 0 Å². The smallest absolute Gasteiger partial charge is 0.330 e. The molecule has 35 heteroatoms. The van der Waals surface area contributed by atoms with Gasteiger partial charge in [-0.15, -0.1) is 0 Å². The first-order chi connectivity index (χ1) is 47.7. The van der Waals surface area contributed by atoms with Crippen LogP contribution in [-0.2, 0) is 52.6 Å². The lowest BCUT2D eigenvalue weighted by Crippen LogP contribution is -2.64. The van der Waals surface area contributed by atoms with Crippen LogP contribution in [0.25, 0.3) is 11.1 Å². The molecule has 7 aliphatic heterocycles. The quantitative estimate of drug-likeness (QED) is 0.0817. The molecule has 5 aromatic rings. The van der Waals surface area contributed by atoms with Crippen molar-refractivity contribution < 1.29 is 123 Å². The summed E-state index contributed by atoms with van der Waals surface area (Å²) in [4.78, 5) is 116. The van der Waals surface area contributed by atoms with Crippen LogP contribution in [0.5, 0.6) is 46.0 Å². The van der Waals surface area contributed by atoms with Gasteiger partial charge in [0.25, 0.3) is 0 Å². The standard InChI is InChI=1S/C66H74Cl2N8O25/c1-23(2)12-34(70-5)58(87)75-49-51(82)26-7-10-38(32(67)14-26)97-40-16-28-17-41(55(40)101-65-56(54(85)53(84)42(22-77)99-65)100-44-21-66(4,69)57(86)24(3)96-44)98-39-11-8-27(15-33(39)68)52(83)50-62(91)74-48(64(94)95)31-18-29(78)19-37(80)45(31)30-13-25(6-9-36(30)79)46(59(88)76-50)73-60(89)47(28)72-43(81)20-35(63(92)93)71-61(49)90/h6-11,13-19,23-24,34-35,42,44,46-54,56-57,65,70,77-80,82-86H,12,20-22,69H2,1-5H3,(H,71,90)(H,72,81)(H,73,89)(H,74,91)(H,75,87)(H,76,88)(H,92,93)(H,94,95)/t24-,34+,35-,42+,44-,46+,47+,48+,49?,50-,51+,52+,53?,54-,56+,57+,65-,66-/m0/s1. The van der Waals surface area contributed by atoms with Crippen molar-refractivity contribution in [3.63, 3.8) is 0 Å².